The van der Waals surface area contributed by atoms with Crippen LogP contribution in [0.1, 0.15) is 0 Å². The van der Waals surface area contributed by atoms with Crippen LogP contribution in [0.25, 0.3) is 87.7 Å². The maximum atomic E-state index is 2.43. The van der Waals surface area contributed by atoms with Crippen molar-refractivity contribution in [2.24, 2.45) is 0 Å². The first-order chi connectivity index (χ1) is 29.3. The predicted octanol–water partition coefficient (Wildman–Crippen LogP) is 15.3. The highest BCUT2D eigenvalue weighted by atomic mass is 15.1. The Bertz CT molecular complexity index is 3530. The van der Waals surface area contributed by atoms with E-state index in [1.165, 1.54) is 76.3 Å². The fraction of sp³-hybridized carbons (Fsp3) is 0. The van der Waals surface area contributed by atoms with Crippen molar-refractivity contribution < 1.29 is 0 Å². The molecule has 0 fully saturated rings. The molecule has 0 aliphatic carbocycles. The van der Waals surface area contributed by atoms with Gasteiger partial charge in [0.15, 0.2) is 0 Å². The lowest BCUT2D eigenvalue weighted by molar-refractivity contribution is 1.17. The number of nitrogens with zero attached hydrogens (tertiary/aromatic N) is 3. The van der Waals surface area contributed by atoms with Gasteiger partial charge < -0.3 is 14.0 Å². The average Bonchev–Trinajstić information content (AvgIpc) is 3.81. The summed E-state index contributed by atoms with van der Waals surface area (Å²) in [5.41, 5.74) is 12.7. The van der Waals surface area contributed by atoms with Crippen LogP contribution in [0.2, 0.25) is 0 Å². The van der Waals surface area contributed by atoms with Crippen LogP contribution in [0.3, 0.4) is 0 Å². The highest BCUT2D eigenvalue weighted by molar-refractivity contribution is 6.19. The molecular formula is C56H37N3. The Hall–Kier alpha value is -7.88. The number of hydrogen-bond donors (Lipinski definition) is 0. The molecule has 10 aromatic carbocycles. The summed E-state index contributed by atoms with van der Waals surface area (Å²) >= 11 is 0. The second kappa shape index (κ2) is 13.4. The molecule has 12 aromatic rings. The summed E-state index contributed by atoms with van der Waals surface area (Å²) in [6.07, 6.45) is 0. The van der Waals surface area contributed by atoms with Crippen molar-refractivity contribution in [3.05, 3.63) is 224 Å². The smallest absolute Gasteiger partial charge is 0.0548 e. The molecule has 2 aromatic heterocycles. The van der Waals surface area contributed by atoms with Crippen molar-refractivity contribution >= 4 is 82.2 Å². The van der Waals surface area contributed by atoms with Crippen LogP contribution >= 0.6 is 0 Å². The van der Waals surface area contributed by atoms with E-state index in [-0.39, 0.29) is 0 Å². The summed E-state index contributed by atoms with van der Waals surface area (Å²) in [4.78, 5) is 2.42. The van der Waals surface area contributed by atoms with Crippen molar-refractivity contribution in [3.63, 3.8) is 0 Å². The maximum Gasteiger partial charge on any atom is 0.0548 e. The van der Waals surface area contributed by atoms with E-state index in [1.54, 1.807) is 0 Å². The molecule has 0 saturated heterocycles. The molecule has 0 atom stereocenters. The number of para-hydroxylation sites is 3. The van der Waals surface area contributed by atoms with E-state index < -0.39 is 0 Å². The topological polar surface area (TPSA) is 13.1 Å². The largest absolute Gasteiger partial charge is 0.310 e. The first-order valence-electron chi connectivity index (χ1n) is 20.3. The molecule has 3 heteroatoms. The summed E-state index contributed by atoms with van der Waals surface area (Å²) in [5.74, 6) is 0. The van der Waals surface area contributed by atoms with Crippen LogP contribution in [-0.2, 0) is 0 Å². The number of hydrogen-bond acceptors (Lipinski definition) is 1. The summed E-state index contributed by atoms with van der Waals surface area (Å²) < 4.78 is 4.85. The minimum absolute atomic E-state index is 1.10. The molecule has 0 aliphatic heterocycles. The van der Waals surface area contributed by atoms with Crippen molar-refractivity contribution in [1.82, 2.24) is 9.13 Å². The molecule has 59 heavy (non-hydrogen) atoms. The molecule has 12 rings (SSSR count). The van der Waals surface area contributed by atoms with Crippen LogP contribution in [0.5, 0.6) is 0 Å². The van der Waals surface area contributed by atoms with Gasteiger partial charge in [-0.2, -0.15) is 0 Å². The van der Waals surface area contributed by atoms with Crippen LogP contribution in [0.15, 0.2) is 224 Å². The standard InChI is InChI=1S/C56H37N3/c1-4-14-38(15-5-1)39-26-29-44(30-27-39)57(45-31-28-41-25-24-40-16-10-11-21-47(40)49(41)34-45)46-32-33-54-50(35-46)52-37-55-51(36-56(52)59(54)43-19-8-3-9-20-43)48-22-12-13-23-53(48)58(55)42-17-6-2-7-18-42/h1-37H. The second-order valence-corrected chi connectivity index (χ2v) is 15.4. The number of benzene rings is 10. The Morgan fingerprint density at radius 2 is 0.695 bits per heavy atom. The molecule has 0 amide bonds. The molecule has 3 nitrogen and oxygen atoms in total. The first kappa shape index (κ1) is 33.3. The summed E-state index contributed by atoms with van der Waals surface area (Å²) in [6, 6.07) is 81.8. The van der Waals surface area contributed by atoms with E-state index in [0.29, 0.717) is 0 Å². The molecule has 0 N–H and O–H groups in total. The molecule has 2 heterocycles. The molecule has 0 radical (unpaired) electrons. The molecule has 0 saturated carbocycles. The van der Waals surface area contributed by atoms with Crippen molar-refractivity contribution in [2.75, 3.05) is 4.90 Å². The fourth-order valence-electron chi connectivity index (χ4n) is 9.33. The zero-order chi connectivity index (χ0) is 38.9. The normalized spacial score (nSPS) is 11.7. The third-order valence-electron chi connectivity index (χ3n) is 12.1. The Morgan fingerprint density at radius 1 is 0.254 bits per heavy atom. The van der Waals surface area contributed by atoms with E-state index in [2.05, 4.69) is 238 Å². The van der Waals surface area contributed by atoms with Gasteiger partial charge in [0.05, 0.1) is 22.1 Å². The van der Waals surface area contributed by atoms with Crippen molar-refractivity contribution in [3.8, 4) is 22.5 Å². The zero-order valence-corrected chi connectivity index (χ0v) is 32.2. The maximum absolute atomic E-state index is 2.43. The Morgan fingerprint density at radius 3 is 1.37 bits per heavy atom. The lowest BCUT2D eigenvalue weighted by Gasteiger charge is -2.26. The van der Waals surface area contributed by atoms with Gasteiger partial charge in [-0.1, -0.05) is 140 Å². The van der Waals surface area contributed by atoms with Gasteiger partial charge in [-0.15, -0.1) is 0 Å². The average molecular weight is 752 g/mol. The molecular weight excluding hydrogens is 715 g/mol. The summed E-state index contributed by atoms with van der Waals surface area (Å²) in [5, 5.41) is 9.85. The summed E-state index contributed by atoms with van der Waals surface area (Å²) in [7, 11) is 0. The van der Waals surface area contributed by atoms with E-state index in [0.717, 1.165) is 28.4 Å². The van der Waals surface area contributed by atoms with E-state index in [4.69, 9.17) is 0 Å². The predicted molar refractivity (Wildman–Crippen MR) is 250 cm³/mol. The van der Waals surface area contributed by atoms with Gasteiger partial charge in [-0.25, -0.2) is 0 Å². The van der Waals surface area contributed by atoms with Crippen molar-refractivity contribution in [1.29, 1.82) is 0 Å². The third-order valence-corrected chi connectivity index (χ3v) is 12.1. The van der Waals surface area contributed by atoms with Gasteiger partial charge in [0.2, 0.25) is 0 Å². The van der Waals surface area contributed by atoms with Crippen LogP contribution < -0.4 is 4.90 Å². The van der Waals surface area contributed by atoms with Crippen LogP contribution in [-0.4, -0.2) is 9.13 Å². The molecule has 0 aliphatic rings. The Labute approximate surface area is 341 Å². The minimum atomic E-state index is 1.10. The zero-order valence-electron chi connectivity index (χ0n) is 32.2. The SMILES string of the molecule is c1ccc(-c2ccc(N(c3ccc4ccc5ccccc5c4c3)c3ccc4c(c3)c3cc5c(cc3n4-c3ccccc3)c3ccccc3n5-c3ccccc3)cc2)cc1. The van der Waals surface area contributed by atoms with Gasteiger partial charge in [-0.3, -0.25) is 0 Å². The highest BCUT2D eigenvalue weighted by Crippen LogP contribution is 2.44. The van der Waals surface area contributed by atoms with Crippen LogP contribution in [0.4, 0.5) is 17.1 Å². The molecule has 276 valence electrons. The number of aromatic nitrogens is 2. The molecule has 0 unspecified atom stereocenters. The van der Waals surface area contributed by atoms with E-state index in [9.17, 15) is 0 Å². The Kier molecular flexibility index (Phi) is 7.54. The van der Waals surface area contributed by atoms with Gasteiger partial charge in [0, 0.05) is 50.0 Å². The fourth-order valence-corrected chi connectivity index (χ4v) is 9.33. The quantitative estimate of drug-likeness (QED) is 0.154. The van der Waals surface area contributed by atoms with Crippen LogP contribution in [0, 0.1) is 0 Å². The number of anilines is 3. The monoisotopic (exact) mass is 751 g/mol. The highest BCUT2D eigenvalue weighted by Gasteiger charge is 2.21. The first-order valence-corrected chi connectivity index (χ1v) is 20.3. The van der Waals surface area contributed by atoms with Gasteiger partial charge in [0.25, 0.3) is 0 Å². The third kappa shape index (κ3) is 5.36. The van der Waals surface area contributed by atoms with Gasteiger partial charge in [-0.05, 0) is 118 Å². The van der Waals surface area contributed by atoms with Gasteiger partial charge >= 0.3 is 0 Å². The van der Waals surface area contributed by atoms with Crippen molar-refractivity contribution in [2.45, 2.75) is 0 Å². The molecule has 0 bridgehead atoms. The molecule has 0 spiro atoms. The summed E-state index contributed by atoms with van der Waals surface area (Å²) in [6.45, 7) is 0. The number of rotatable bonds is 6. The lowest BCUT2D eigenvalue weighted by Crippen LogP contribution is -2.10. The minimum Gasteiger partial charge on any atom is -0.310 e. The van der Waals surface area contributed by atoms with E-state index in [1.807, 2.05) is 0 Å². The van der Waals surface area contributed by atoms with E-state index >= 15 is 0 Å². The lowest BCUT2D eigenvalue weighted by atomic mass is 10.0. The number of fused-ring (bicyclic) bond motifs is 9. The second-order valence-electron chi connectivity index (χ2n) is 15.4. The van der Waals surface area contributed by atoms with Gasteiger partial charge in [0.1, 0.15) is 0 Å². The Balaban J connectivity index is 1.14.